The lowest BCUT2D eigenvalue weighted by Gasteiger charge is -2.23. The van der Waals surface area contributed by atoms with Gasteiger partial charge in [0.15, 0.2) is 0 Å². The predicted molar refractivity (Wildman–Crippen MR) is 105 cm³/mol. The summed E-state index contributed by atoms with van der Waals surface area (Å²) in [4.78, 5) is 26.9. The van der Waals surface area contributed by atoms with Crippen LogP contribution in [0, 0.1) is 6.92 Å². The second-order valence-electron chi connectivity index (χ2n) is 7.15. The molecule has 0 radical (unpaired) electrons. The number of ether oxygens (including phenoxy) is 1. The molecule has 1 atom stereocenters. The number of amides is 1. The van der Waals surface area contributed by atoms with E-state index >= 15 is 0 Å². The van der Waals surface area contributed by atoms with Crippen LogP contribution in [0.2, 0.25) is 0 Å². The third kappa shape index (κ3) is 4.02. The number of furan rings is 1. The van der Waals surface area contributed by atoms with Crippen molar-refractivity contribution in [1.29, 1.82) is 0 Å². The molecule has 1 saturated heterocycles. The molecule has 1 aromatic heterocycles. The van der Waals surface area contributed by atoms with Crippen LogP contribution in [-0.4, -0.2) is 41.0 Å². The number of benzene rings is 1. The number of ketones is 1. The molecular weight excluding hydrogens is 358 g/mol. The van der Waals surface area contributed by atoms with E-state index < -0.39 is 17.7 Å². The van der Waals surface area contributed by atoms with Crippen molar-refractivity contribution in [2.75, 3.05) is 13.2 Å². The molecule has 0 spiro atoms. The number of carbonyl (C=O) groups excluding carboxylic acids is 2. The fourth-order valence-corrected chi connectivity index (χ4v) is 3.27. The minimum absolute atomic E-state index is 0.0496. The van der Waals surface area contributed by atoms with Gasteiger partial charge >= 0.3 is 0 Å². The van der Waals surface area contributed by atoms with Crippen LogP contribution in [0.25, 0.3) is 5.76 Å². The van der Waals surface area contributed by atoms with Gasteiger partial charge in [0, 0.05) is 18.7 Å². The number of hydrogen-bond donors (Lipinski definition) is 1. The van der Waals surface area contributed by atoms with E-state index in [0.717, 1.165) is 5.56 Å². The fraction of sp³-hybridized carbons (Fsp3) is 0.364. The average Bonchev–Trinajstić information content (AvgIpc) is 3.27. The molecule has 1 unspecified atom stereocenters. The SMILES string of the molecule is Cc1ccc(/C(O)=C2/C(=O)C(=O)N(CCCOC(C)C)C2c2ccco2)cc1. The Morgan fingerprint density at radius 2 is 1.93 bits per heavy atom. The molecular formula is C22H25NO5. The summed E-state index contributed by atoms with van der Waals surface area (Å²) in [5.74, 6) is -1.10. The van der Waals surface area contributed by atoms with Crippen LogP contribution in [-0.2, 0) is 14.3 Å². The molecule has 1 aromatic carbocycles. The number of carbonyl (C=O) groups is 2. The topological polar surface area (TPSA) is 80.0 Å². The van der Waals surface area contributed by atoms with E-state index in [9.17, 15) is 14.7 Å². The third-order valence-corrected chi connectivity index (χ3v) is 4.67. The zero-order chi connectivity index (χ0) is 20.3. The van der Waals surface area contributed by atoms with Crippen LogP contribution in [0.4, 0.5) is 0 Å². The molecule has 1 aliphatic heterocycles. The van der Waals surface area contributed by atoms with E-state index in [-0.39, 0.29) is 17.4 Å². The third-order valence-electron chi connectivity index (χ3n) is 4.67. The van der Waals surface area contributed by atoms with Gasteiger partial charge in [-0.2, -0.15) is 0 Å². The number of likely N-dealkylation sites (tertiary alicyclic amines) is 1. The van der Waals surface area contributed by atoms with Crippen molar-refractivity contribution in [2.45, 2.75) is 39.3 Å². The van der Waals surface area contributed by atoms with Gasteiger partial charge in [0.1, 0.15) is 17.6 Å². The number of nitrogens with zero attached hydrogens (tertiary/aromatic N) is 1. The molecule has 2 heterocycles. The van der Waals surface area contributed by atoms with Crippen molar-refractivity contribution in [2.24, 2.45) is 0 Å². The number of aryl methyl sites for hydroxylation is 1. The van der Waals surface area contributed by atoms with Gasteiger partial charge in [0.25, 0.3) is 11.7 Å². The standard InChI is InChI=1S/C22H25NO5/c1-14(2)27-13-5-11-23-19(17-6-4-12-28-17)18(21(25)22(23)26)20(24)16-9-7-15(3)8-10-16/h4,6-10,12,14,19,24H,5,11,13H2,1-3H3/b20-18-. The summed E-state index contributed by atoms with van der Waals surface area (Å²) in [6.07, 6.45) is 2.16. The van der Waals surface area contributed by atoms with Gasteiger partial charge in [-0.05, 0) is 39.3 Å². The molecule has 1 amide bonds. The second-order valence-corrected chi connectivity index (χ2v) is 7.15. The summed E-state index contributed by atoms with van der Waals surface area (Å²) in [6.45, 7) is 6.62. The number of Topliss-reactive ketones (excluding diaryl/α,β-unsaturated/α-hetero) is 1. The Kier molecular flexibility index (Phi) is 5.99. The number of aliphatic hydroxyl groups excluding tert-OH is 1. The lowest BCUT2D eigenvalue weighted by Crippen LogP contribution is -2.31. The van der Waals surface area contributed by atoms with Gasteiger partial charge in [-0.15, -0.1) is 0 Å². The van der Waals surface area contributed by atoms with Crippen molar-refractivity contribution in [3.63, 3.8) is 0 Å². The zero-order valence-electron chi connectivity index (χ0n) is 16.3. The number of hydrogen-bond acceptors (Lipinski definition) is 5. The summed E-state index contributed by atoms with van der Waals surface area (Å²) in [7, 11) is 0. The van der Waals surface area contributed by atoms with E-state index in [1.165, 1.54) is 11.2 Å². The first-order valence-corrected chi connectivity index (χ1v) is 9.40. The highest BCUT2D eigenvalue weighted by atomic mass is 16.5. The lowest BCUT2D eigenvalue weighted by molar-refractivity contribution is -0.140. The Morgan fingerprint density at radius 3 is 2.54 bits per heavy atom. The Hall–Kier alpha value is -2.86. The first-order valence-electron chi connectivity index (χ1n) is 9.40. The van der Waals surface area contributed by atoms with Crippen molar-refractivity contribution >= 4 is 17.4 Å². The van der Waals surface area contributed by atoms with Crippen LogP contribution in [0.3, 0.4) is 0 Å². The minimum Gasteiger partial charge on any atom is -0.507 e. The highest BCUT2D eigenvalue weighted by molar-refractivity contribution is 6.46. The normalized spacial score (nSPS) is 19.0. The first kappa shape index (κ1) is 19.9. The maximum absolute atomic E-state index is 12.8. The largest absolute Gasteiger partial charge is 0.507 e. The van der Waals surface area contributed by atoms with E-state index in [2.05, 4.69) is 0 Å². The molecule has 3 rings (SSSR count). The molecule has 2 aromatic rings. The van der Waals surface area contributed by atoms with Crippen LogP contribution >= 0.6 is 0 Å². The van der Waals surface area contributed by atoms with Crippen LogP contribution in [0.1, 0.15) is 43.2 Å². The molecule has 0 saturated carbocycles. The average molecular weight is 383 g/mol. The summed E-state index contributed by atoms with van der Waals surface area (Å²) >= 11 is 0. The maximum atomic E-state index is 12.8. The van der Waals surface area contributed by atoms with Crippen molar-refractivity contribution in [3.8, 4) is 0 Å². The summed E-state index contributed by atoms with van der Waals surface area (Å²) in [5, 5.41) is 10.8. The van der Waals surface area contributed by atoms with Gasteiger partial charge in [-0.3, -0.25) is 9.59 Å². The number of aliphatic hydroxyl groups is 1. The minimum atomic E-state index is -0.754. The molecule has 28 heavy (non-hydrogen) atoms. The van der Waals surface area contributed by atoms with Crippen molar-refractivity contribution in [3.05, 3.63) is 65.1 Å². The molecule has 6 heteroatoms. The Bertz CT molecular complexity index is 865. The fourth-order valence-electron chi connectivity index (χ4n) is 3.27. The molecule has 6 nitrogen and oxygen atoms in total. The smallest absolute Gasteiger partial charge is 0.295 e. The van der Waals surface area contributed by atoms with E-state index in [0.29, 0.717) is 30.9 Å². The highest BCUT2D eigenvalue weighted by Crippen LogP contribution is 2.39. The Morgan fingerprint density at radius 1 is 1.21 bits per heavy atom. The van der Waals surface area contributed by atoms with E-state index in [4.69, 9.17) is 9.15 Å². The Balaban J connectivity index is 1.96. The van der Waals surface area contributed by atoms with E-state index in [1.807, 2.05) is 32.9 Å². The number of rotatable bonds is 7. The first-order chi connectivity index (χ1) is 13.4. The summed E-state index contributed by atoms with van der Waals surface area (Å²) in [6, 6.07) is 9.80. The molecule has 1 aliphatic rings. The molecule has 1 N–H and O–H groups in total. The van der Waals surface area contributed by atoms with Gasteiger partial charge in [-0.1, -0.05) is 29.8 Å². The van der Waals surface area contributed by atoms with Crippen LogP contribution in [0.15, 0.2) is 52.7 Å². The van der Waals surface area contributed by atoms with Crippen molar-refractivity contribution in [1.82, 2.24) is 4.90 Å². The van der Waals surface area contributed by atoms with Gasteiger partial charge in [0.2, 0.25) is 0 Å². The van der Waals surface area contributed by atoms with Crippen LogP contribution < -0.4 is 0 Å². The second kappa shape index (κ2) is 8.44. The zero-order valence-corrected chi connectivity index (χ0v) is 16.3. The Labute approximate surface area is 164 Å². The van der Waals surface area contributed by atoms with Gasteiger partial charge < -0.3 is 19.2 Å². The molecule has 0 bridgehead atoms. The maximum Gasteiger partial charge on any atom is 0.295 e. The molecule has 148 valence electrons. The van der Waals surface area contributed by atoms with Crippen LogP contribution in [0.5, 0.6) is 0 Å². The van der Waals surface area contributed by atoms with Crippen molar-refractivity contribution < 1.29 is 23.8 Å². The molecule has 0 aliphatic carbocycles. The summed E-state index contributed by atoms with van der Waals surface area (Å²) < 4.78 is 11.0. The lowest BCUT2D eigenvalue weighted by atomic mass is 9.99. The quantitative estimate of drug-likeness (QED) is 0.340. The monoisotopic (exact) mass is 383 g/mol. The summed E-state index contributed by atoms with van der Waals surface area (Å²) in [5.41, 5.74) is 1.57. The highest BCUT2D eigenvalue weighted by Gasteiger charge is 2.47. The molecule has 1 fully saturated rings. The van der Waals surface area contributed by atoms with Gasteiger partial charge in [-0.25, -0.2) is 0 Å². The predicted octanol–water partition coefficient (Wildman–Crippen LogP) is 3.82. The van der Waals surface area contributed by atoms with E-state index in [1.54, 1.807) is 24.3 Å². The van der Waals surface area contributed by atoms with Gasteiger partial charge in [0.05, 0.1) is 17.9 Å².